The normalized spacial score (nSPS) is 17.5. The lowest BCUT2D eigenvalue weighted by molar-refractivity contribution is -0.114. The second-order valence-electron chi connectivity index (χ2n) is 11.2. The van der Waals surface area contributed by atoms with E-state index in [1.165, 1.54) is 33.4 Å². The van der Waals surface area contributed by atoms with Gasteiger partial charge in [-0.2, -0.15) is 0 Å². The summed E-state index contributed by atoms with van der Waals surface area (Å²) in [5, 5.41) is 2.11. The molecule has 0 aromatic carbocycles. The van der Waals surface area contributed by atoms with Crippen molar-refractivity contribution < 1.29 is 9.53 Å². The van der Waals surface area contributed by atoms with Gasteiger partial charge in [0.15, 0.2) is 0 Å². The van der Waals surface area contributed by atoms with Crippen LogP contribution in [0.1, 0.15) is 114 Å². The maximum atomic E-state index is 12.6. The Labute approximate surface area is 251 Å². The van der Waals surface area contributed by atoms with Gasteiger partial charge in [0.1, 0.15) is 0 Å². The number of allylic oxidation sites excluding steroid dienone is 2. The molecule has 2 N–H and O–H groups in total. The van der Waals surface area contributed by atoms with E-state index in [2.05, 4.69) is 88.6 Å². The van der Waals surface area contributed by atoms with E-state index in [0.29, 0.717) is 0 Å². The fourth-order valence-corrected chi connectivity index (χ4v) is 6.49. The van der Waals surface area contributed by atoms with Gasteiger partial charge in [-0.05, 0) is 104 Å². The van der Waals surface area contributed by atoms with Crippen molar-refractivity contribution in [2.45, 2.75) is 107 Å². The lowest BCUT2D eigenvalue weighted by Gasteiger charge is -2.06. The van der Waals surface area contributed by atoms with E-state index in [1.54, 1.807) is 7.11 Å². The van der Waals surface area contributed by atoms with Crippen LogP contribution in [-0.2, 0) is 22.4 Å². The van der Waals surface area contributed by atoms with Gasteiger partial charge in [0.2, 0.25) is 5.90 Å². The van der Waals surface area contributed by atoms with Crippen LogP contribution in [-0.4, -0.2) is 34.6 Å². The average Bonchev–Trinajstić information content (AvgIpc) is 3.66. The Morgan fingerprint density at radius 2 is 1.33 bits per heavy atom. The van der Waals surface area contributed by atoms with Crippen molar-refractivity contribution in [1.82, 2.24) is 9.97 Å². The van der Waals surface area contributed by atoms with E-state index < -0.39 is 0 Å². The van der Waals surface area contributed by atoms with E-state index in [4.69, 9.17) is 9.73 Å². The second-order valence-corrected chi connectivity index (χ2v) is 11.2. The van der Waals surface area contributed by atoms with Crippen LogP contribution >= 0.6 is 0 Å². The Bertz CT molecular complexity index is 1650. The highest BCUT2D eigenvalue weighted by atomic mass is 16.5. The highest BCUT2D eigenvalue weighted by molar-refractivity contribution is 6.31. The van der Waals surface area contributed by atoms with E-state index in [1.807, 2.05) is 0 Å². The Morgan fingerprint density at radius 3 is 1.93 bits per heavy atom. The number of ether oxygens (including phenoxy) is 1. The predicted octanol–water partition coefficient (Wildman–Crippen LogP) is 7.09. The second kappa shape index (κ2) is 13.5. The van der Waals surface area contributed by atoms with Gasteiger partial charge in [0.05, 0.1) is 18.5 Å². The SMILES string of the molecule is CCCC1=C(CC)C(/C=c2\[nH]/c(=C/c3[nH]c(/C=C4\N=C(OC)C(CCC)=C4CC)c(C)c3CC)c(CC)c2C)=NC1=O. The highest BCUT2D eigenvalue weighted by Crippen LogP contribution is 2.33. The zero-order chi connectivity index (χ0) is 30.6. The molecule has 4 rings (SSSR count). The number of carbonyl (C=O) groups is 1. The fraction of sp³-hybridized carbons (Fsp3) is 0.472. The highest BCUT2D eigenvalue weighted by Gasteiger charge is 2.25. The minimum absolute atomic E-state index is 0.0742. The molecular weight excluding hydrogens is 520 g/mol. The Hall–Kier alpha value is -3.67. The van der Waals surface area contributed by atoms with Crippen LogP contribution in [0.3, 0.4) is 0 Å². The number of H-pyrrole nitrogens is 2. The first kappa shape index (κ1) is 31.3. The van der Waals surface area contributed by atoms with Crippen LogP contribution in [0.5, 0.6) is 0 Å². The lowest BCUT2D eigenvalue weighted by atomic mass is 9.99. The molecule has 224 valence electrons. The van der Waals surface area contributed by atoms with E-state index >= 15 is 0 Å². The van der Waals surface area contributed by atoms with Crippen LogP contribution in [0, 0.1) is 13.8 Å². The number of nitrogens with one attached hydrogen (secondary N) is 2. The maximum absolute atomic E-state index is 12.6. The molecule has 0 fully saturated rings. The van der Waals surface area contributed by atoms with Gasteiger partial charge in [-0.1, -0.05) is 54.4 Å². The fourth-order valence-electron chi connectivity index (χ4n) is 6.49. The first-order chi connectivity index (χ1) is 20.3. The summed E-state index contributed by atoms with van der Waals surface area (Å²) in [6, 6.07) is 0. The van der Waals surface area contributed by atoms with Crippen molar-refractivity contribution in [2.75, 3.05) is 7.11 Å². The third-order valence-corrected chi connectivity index (χ3v) is 8.67. The van der Waals surface area contributed by atoms with Crippen molar-refractivity contribution in [2.24, 2.45) is 9.98 Å². The van der Waals surface area contributed by atoms with E-state index in [0.717, 1.165) is 102 Å². The van der Waals surface area contributed by atoms with E-state index in [9.17, 15) is 4.79 Å². The molecule has 0 spiro atoms. The molecule has 0 bridgehead atoms. The van der Waals surface area contributed by atoms with E-state index in [-0.39, 0.29) is 5.91 Å². The predicted molar refractivity (Wildman–Crippen MR) is 176 cm³/mol. The molecule has 0 atom stereocenters. The molecule has 1 amide bonds. The van der Waals surface area contributed by atoms with Crippen molar-refractivity contribution in [3.8, 4) is 0 Å². The van der Waals surface area contributed by atoms with Crippen LogP contribution in [0.25, 0.3) is 18.2 Å². The molecule has 2 aromatic heterocycles. The molecule has 2 aliphatic heterocycles. The molecule has 2 aromatic rings. The number of nitrogens with zero attached hydrogens (tertiary/aromatic N) is 2. The molecular formula is C36H48N4O2. The summed E-state index contributed by atoms with van der Waals surface area (Å²) in [6.45, 7) is 17.4. The Morgan fingerprint density at radius 1 is 0.667 bits per heavy atom. The van der Waals surface area contributed by atoms with Gasteiger partial charge in [-0.25, -0.2) is 9.98 Å². The van der Waals surface area contributed by atoms with Gasteiger partial charge in [0, 0.05) is 33.2 Å². The Balaban J connectivity index is 1.83. The molecule has 6 nitrogen and oxygen atoms in total. The molecule has 0 saturated carbocycles. The maximum Gasteiger partial charge on any atom is 0.273 e. The summed E-state index contributed by atoms with van der Waals surface area (Å²) in [5.41, 5.74) is 13.5. The van der Waals surface area contributed by atoms with Crippen LogP contribution < -0.4 is 10.7 Å². The zero-order valence-corrected chi connectivity index (χ0v) is 27.1. The smallest absolute Gasteiger partial charge is 0.273 e. The quantitative estimate of drug-likeness (QED) is 0.303. The molecule has 4 heterocycles. The summed E-state index contributed by atoms with van der Waals surface area (Å²) in [6.07, 6.45) is 13.8. The number of hydrogen-bond acceptors (Lipinski definition) is 3. The minimum atomic E-state index is -0.0742. The van der Waals surface area contributed by atoms with Crippen LogP contribution in [0.15, 0.2) is 38.0 Å². The number of aromatic amines is 2. The first-order valence-electron chi connectivity index (χ1n) is 15.8. The van der Waals surface area contributed by atoms with Gasteiger partial charge >= 0.3 is 0 Å². The van der Waals surface area contributed by atoms with Gasteiger partial charge in [0.25, 0.3) is 5.91 Å². The molecule has 6 heteroatoms. The minimum Gasteiger partial charge on any atom is -0.481 e. The summed E-state index contributed by atoms with van der Waals surface area (Å²) in [5.74, 6) is 0.677. The molecule has 0 saturated heterocycles. The van der Waals surface area contributed by atoms with Crippen molar-refractivity contribution in [3.05, 3.63) is 72.3 Å². The summed E-state index contributed by atoms with van der Waals surface area (Å²) < 4.78 is 5.66. The van der Waals surface area contributed by atoms with Crippen molar-refractivity contribution in [3.63, 3.8) is 0 Å². The number of aliphatic imine (C=N–C) groups is 2. The van der Waals surface area contributed by atoms with Crippen LogP contribution in [0.2, 0.25) is 0 Å². The number of hydrogen-bond donors (Lipinski definition) is 2. The number of amides is 1. The lowest BCUT2D eigenvalue weighted by Crippen LogP contribution is -2.14. The third-order valence-electron chi connectivity index (χ3n) is 8.67. The topological polar surface area (TPSA) is 82.6 Å². The number of carbonyl (C=O) groups excluding carboxylic acids is 1. The van der Waals surface area contributed by atoms with Crippen molar-refractivity contribution >= 4 is 35.7 Å². The number of aromatic nitrogens is 2. The van der Waals surface area contributed by atoms with Crippen LogP contribution in [0.4, 0.5) is 0 Å². The third kappa shape index (κ3) is 5.81. The molecule has 0 aliphatic carbocycles. The van der Waals surface area contributed by atoms with Gasteiger partial charge < -0.3 is 14.7 Å². The Kier molecular flexibility index (Phi) is 10.1. The number of rotatable bonds is 11. The molecule has 42 heavy (non-hydrogen) atoms. The standard InChI is InChI=1S/C36H48N4O2/c1-10-16-27-25(14-5)33(39-35(27)41)18-29-21(7)23(12-3)31(37-29)20-32-24(13-4)22(8)30(38-32)19-34-26(15-6)28(17-11-2)36(40-34)42-9/h18-20,37-38H,10-17H2,1-9H3/b29-18-,31-20+,34-19-. The summed E-state index contributed by atoms with van der Waals surface area (Å²) in [7, 11) is 1.71. The molecule has 0 unspecified atom stereocenters. The molecule has 2 aliphatic rings. The van der Waals surface area contributed by atoms with Gasteiger partial charge in [-0.15, -0.1) is 0 Å². The number of methoxy groups -OCH3 is 1. The molecule has 0 radical (unpaired) electrons. The first-order valence-corrected chi connectivity index (χ1v) is 15.8. The zero-order valence-electron chi connectivity index (χ0n) is 27.1. The van der Waals surface area contributed by atoms with Gasteiger partial charge in [-0.3, -0.25) is 4.79 Å². The monoisotopic (exact) mass is 568 g/mol. The van der Waals surface area contributed by atoms with Crippen molar-refractivity contribution in [1.29, 1.82) is 0 Å². The summed E-state index contributed by atoms with van der Waals surface area (Å²) in [4.78, 5) is 29.4. The largest absolute Gasteiger partial charge is 0.481 e. The summed E-state index contributed by atoms with van der Waals surface area (Å²) >= 11 is 0. The average molecular weight is 569 g/mol.